The van der Waals surface area contributed by atoms with Crippen molar-refractivity contribution in [3.8, 4) is 0 Å². The van der Waals surface area contributed by atoms with Gasteiger partial charge in [-0.1, -0.05) is 51.9 Å². The van der Waals surface area contributed by atoms with Crippen molar-refractivity contribution in [2.75, 3.05) is 0 Å². The quantitative estimate of drug-likeness (QED) is 0.578. The van der Waals surface area contributed by atoms with Gasteiger partial charge in [0.25, 0.3) is 0 Å². The lowest BCUT2D eigenvalue weighted by atomic mass is 9.64. The maximum atomic E-state index is 14.8. The fourth-order valence-corrected chi connectivity index (χ4v) is 5.44. The Morgan fingerprint density at radius 2 is 1.05 bits per heavy atom. The Labute approximate surface area is 129 Å². The minimum absolute atomic E-state index is 0.0207. The van der Waals surface area contributed by atoms with Gasteiger partial charge in [0.1, 0.15) is 12.3 Å². The fourth-order valence-electron chi connectivity index (χ4n) is 5.44. The van der Waals surface area contributed by atoms with Crippen LogP contribution in [0.15, 0.2) is 0 Å². The molecule has 3 fully saturated rings. The Kier molecular flexibility index (Phi) is 5.22. The van der Waals surface area contributed by atoms with Crippen LogP contribution >= 0.6 is 0 Å². The summed E-state index contributed by atoms with van der Waals surface area (Å²) >= 11 is 0. The van der Waals surface area contributed by atoms with E-state index in [0.29, 0.717) is 11.8 Å². The predicted molar refractivity (Wildman–Crippen MR) is 83.7 cm³/mol. The molecule has 0 nitrogen and oxygen atoms in total. The highest BCUT2D eigenvalue weighted by molar-refractivity contribution is 4.94. The average Bonchev–Trinajstić information content (AvgIpc) is 2.52. The number of rotatable bonds is 2. The standard InChI is InChI=1S/C19H32F2/c1-13-7-9-15(10-8-13)17-12-11-16(18(20)19(17)21)14-5-3-2-4-6-14/h13-19H,2-12H2,1H3. The first-order valence-electron chi connectivity index (χ1n) is 9.45. The van der Waals surface area contributed by atoms with Gasteiger partial charge in [0, 0.05) is 0 Å². The first-order chi connectivity index (χ1) is 10.2. The molecule has 0 aromatic heterocycles. The van der Waals surface area contributed by atoms with Crippen molar-refractivity contribution in [3.63, 3.8) is 0 Å². The third kappa shape index (κ3) is 3.45. The van der Waals surface area contributed by atoms with Gasteiger partial charge in [0.05, 0.1) is 0 Å². The molecule has 4 unspecified atom stereocenters. The SMILES string of the molecule is CC1CCC(C2CCC(C3CCCCC3)C(F)C2F)CC1. The molecule has 0 aliphatic heterocycles. The minimum Gasteiger partial charge on any atom is -0.244 e. The largest absolute Gasteiger partial charge is 0.244 e. The van der Waals surface area contributed by atoms with Gasteiger partial charge in [-0.25, -0.2) is 8.78 Å². The molecule has 4 atom stereocenters. The van der Waals surface area contributed by atoms with Crippen LogP contribution in [0.2, 0.25) is 0 Å². The molecule has 0 aromatic rings. The van der Waals surface area contributed by atoms with E-state index in [2.05, 4.69) is 6.92 Å². The molecule has 21 heavy (non-hydrogen) atoms. The van der Waals surface area contributed by atoms with Crippen LogP contribution in [0, 0.1) is 29.6 Å². The van der Waals surface area contributed by atoms with Gasteiger partial charge < -0.3 is 0 Å². The normalized spacial score (nSPS) is 46.4. The summed E-state index contributed by atoms with van der Waals surface area (Å²) in [6, 6.07) is 0. The molecule has 0 heterocycles. The van der Waals surface area contributed by atoms with Crippen molar-refractivity contribution in [3.05, 3.63) is 0 Å². The molecule has 0 amide bonds. The van der Waals surface area contributed by atoms with Gasteiger partial charge in [-0.3, -0.25) is 0 Å². The van der Waals surface area contributed by atoms with Crippen LogP contribution in [0.4, 0.5) is 8.78 Å². The van der Waals surface area contributed by atoms with Crippen LogP contribution in [-0.4, -0.2) is 12.3 Å². The van der Waals surface area contributed by atoms with Crippen LogP contribution in [0.1, 0.15) is 77.6 Å². The maximum absolute atomic E-state index is 14.8. The number of halogens is 2. The number of hydrogen-bond acceptors (Lipinski definition) is 0. The van der Waals surface area contributed by atoms with Gasteiger partial charge in [-0.2, -0.15) is 0 Å². The number of alkyl halides is 2. The van der Waals surface area contributed by atoms with Crippen molar-refractivity contribution in [2.24, 2.45) is 29.6 Å². The lowest BCUT2D eigenvalue weighted by Crippen LogP contribution is -2.44. The highest BCUT2D eigenvalue weighted by Crippen LogP contribution is 2.47. The second-order valence-electron chi connectivity index (χ2n) is 8.21. The molecule has 0 radical (unpaired) electrons. The van der Waals surface area contributed by atoms with Crippen molar-refractivity contribution in [1.29, 1.82) is 0 Å². The molecular weight excluding hydrogens is 266 g/mol. The van der Waals surface area contributed by atoms with E-state index in [9.17, 15) is 8.78 Å². The van der Waals surface area contributed by atoms with Crippen LogP contribution in [0.3, 0.4) is 0 Å². The van der Waals surface area contributed by atoms with Crippen LogP contribution in [0.25, 0.3) is 0 Å². The molecule has 2 heteroatoms. The summed E-state index contributed by atoms with van der Waals surface area (Å²) in [5.41, 5.74) is 0. The summed E-state index contributed by atoms with van der Waals surface area (Å²) in [5.74, 6) is 1.77. The van der Waals surface area contributed by atoms with E-state index in [-0.39, 0.29) is 11.8 Å². The summed E-state index contributed by atoms with van der Waals surface area (Å²) in [6.07, 6.45) is 10.3. The van der Waals surface area contributed by atoms with Crippen molar-refractivity contribution < 1.29 is 8.78 Å². The fraction of sp³-hybridized carbons (Fsp3) is 1.00. The highest BCUT2D eigenvalue weighted by Gasteiger charge is 2.46. The zero-order chi connectivity index (χ0) is 14.8. The molecule has 0 aromatic carbocycles. The second-order valence-corrected chi connectivity index (χ2v) is 8.21. The summed E-state index contributed by atoms with van der Waals surface area (Å²) in [7, 11) is 0. The molecule has 3 aliphatic carbocycles. The molecule has 0 spiro atoms. The smallest absolute Gasteiger partial charge is 0.134 e. The second kappa shape index (κ2) is 6.96. The van der Waals surface area contributed by atoms with Gasteiger partial charge >= 0.3 is 0 Å². The molecule has 0 saturated heterocycles. The lowest BCUT2D eigenvalue weighted by molar-refractivity contribution is -0.0341. The number of hydrogen-bond donors (Lipinski definition) is 0. The minimum atomic E-state index is -1.18. The molecule has 3 aliphatic rings. The zero-order valence-electron chi connectivity index (χ0n) is 13.6. The van der Waals surface area contributed by atoms with E-state index >= 15 is 0 Å². The Morgan fingerprint density at radius 3 is 1.57 bits per heavy atom. The predicted octanol–water partition coefficient (Wildman–Crippen LogP) is 6.10. The Balaban J connectivity index is 1.58. The first kappa shape index (κ1) is 15.7. The highest BCUT2D eigenvalue weighted by atomic mass is 19.2. The Hall–Kier alpha value is -0.140. The third-order valence-electron chi connectivity index (χ3n) is 6.88. The van der Waals surface area contributed by atoms with E-state index in [1.54, 1.807) is 0 Å². The summed E-state index contributed by atoms with van der Waals surface area (Å²) in [6.45, 7) is 2.29. The van der Waals surface area contributed by atoms with Crippen LogP contribution < -0.4 is 0 Å². The molecular formula is C19H32F2. The molecule has 0 bridgehead atoms. The third-order valence-corrected chi connectivity index (χ3v) is 6.88. The van der Waals surface area contributed by atoms with Crippen molar-refractivity contribution in [1.82, 2.24) is 0 Å². The Bertz CT molecular complexity index is 316. The summed E-state index contributed by atoms with van der Waals surface area (Å²) in [4.78, 5) is 0. The monoisotopic (exact) mass is 298 g/mol. The Morgan fingerprint density at radius 1 is 0.571 bits per heavy atom. The van der Waals surface area contributed by atoms with Crippen molar-refractivity contribution >= 4 is 0 Å². The molecule has 3 saturated carbocycles. The van der Waals surface area contributed by atoms with Gasteiger partial charge in [-0.05, 0) is 55.3 Å². The topological polar surface area (TPSA) is 0 Å². The van der Waals surface area contributed by atoms with Crippen LogP contribution in [-0.2, 0) is 0 Å². The zero-order valence-corrected chi connectivity index (χ0v) is 13.6. The van der Waals surface area contributed by atoms with E-state index in [0.717, 1.165) is 44.4 Å². The van der Waals surface area contributed by atoms with Gasteiger partial charge in [-0.15, -0.1) is 0 Å². The molecule has 122 valence electrons. The first-order valence-corrected chi connectivity index (χ1v) is 9.45. The van der Waals surface area contributed by atoms with E-state index in [4.69, 9.17) is 0 Å². The van der Waals surface area contributed by atoms with Gasteiger partial charge in [0.2, 0.25) is 0 Å². The molecule has 3 rings (SSSR count). The maximum Gasteiger partial charge on any atom is 0.134 e. The summed E-state index contributed by atoms with van der Waals surface area (Å²) in [5, 5.41) is 0. The molecule has 0 N–H and O–H groups in total. The summed E-state index contributed by atoms with van der Waals surface area (Å²) < 4.78 is 29.5. The van der Waals surface area contributed by atoms with Crippen LogP contribution in [0.5, 0.6) is 0 Å². The van der Waals surface area contributed by atoms with E-state index in [1.165, 1.54) is 32.1 Å². The van der Waals surface area contributed by atoms with E-state index < -0.39 is 12.3 Å². The van der Waals surface area contributed by atoms with E-state index in [1.807, 2.05) is 0 Å². The lowest BCUT2D eigenvalue weighted by Gasteiger charge is -2.44. The average molecular weight is 298 g/mol. The van der Waals surface area contributed by atoms with Crippen molar-refractivity contribution in [2.45, 2.75) is 89.9 Å². The van der Waals surface area contributed by atoms with Gasteiger partial charge in [0.15, 0.2) is 0 Å².